The average molecular weight is 371 g/mol. The van der Waals surface area contributed by atoms with Gasteiger partial charge in [-0.1, -0.05) is 11.6 Å². The van der Waals surface area contributed by atoms with Crippen LogP contribution < -0.4 is 10.5 Å². The fourth-order valence-corrected chi connectivity index (χ4v) is 3.56. The van der Waals surface area contributed by atoms with E-state index in [1.54, 1.807) is 40.1 Å². The van der Waals surface area contributed by atoms with E-state index in [-0.39, 0.29) is 5.56 Å². The van der Waals surface area contributed by atoms with Crippen LogP contribution in [0.3, 0.4) is 0 Å². The highest BCUT2D eigenvalue weighted by Crippen LogP contribution is 2.29. The Morgan fingerprint density at radius 3 is 2.73 bits per heavy atom. The Morgan fingerprint density at radius 1 is 1.15 bits per heavy atom. The van der Waals surface area contributed by atoms with E-state index < -0.39 is 0 Å². The van der Waals surface area contributed by atoms with Gasteiger partial charge < -0.3 is 4.90 Å². The van der Waals surface area contributed by atoms with Crippen molar-refractivity contribution >= 4 is 17.3 Å². The molecule has 0 N–H and O–H groups in total. The SMILES string of the molecule is O=c1ccc(-n2cccn2)nn1CC1CCN(c2ccncc2Cl)CC1. The highest BCUT2D eigenvalue weighted by atomic mass is 35.5. The summed E-state index contributed by atoms with van der Waals surface area (Å²) in [5, 5.41) is 9.31. The van der Waals surface area contributed by atoms with Crippen molar-refractivity contribution in [3.8, 4) is 5.82 Å². The number of rotatable bonds is 4. The Hall–Kier alpha value is -2.67. The maximum atomic E-state index is 12.2. The summed E-state index contributed by atoms with van der Waals surface area (Å²) in [6.45, 7) is 2.43. The molecule has 0 unspecified atom stereocenters. The summed E-state index contributed by atoms with van der Waals surface area (Å²) in [6.07, 6.45) is 8.91. The lowest BCUT2D eigenvalue weighted by Crippen LogP contribution is -2.37. The number of piperidine rings is 1. The van der Waals surface area contributed by atoms with Gasteiger partial charge in [0.1, 0.15) is 0 Å². The lowest BCUT2D eigenvalue weighted by atomic mass is 9.96. The fraction of sp³-hybridized carbons (Fsp3) is 0.333. The van der Waals surface area contributed by atoms with E-state index in [0.717, 1.165) is 31.6 Å². The maximum absolute atomic E-state index is 12.2. The van der Waals surface area contributed by atoms with Gasteiger partial charge in [0, 0.05) is 50.5 Å². The molecule has 3 aromatic heterocycles. The molecule has 4 rings (SSSR count). The van der Waals surface area contributed by atoms with Crippen LogP contribution >= 0.6 is 11.6 Å². The first-order chi connectivity index (χ1) is 12.7. The molecule has 26 heavy (non-hydrogen) atoms. The maximum Gasteiger partial charge on any atom is 0.266 e. The molecule has 134 valence electrons. The van der Waals surface area contributed by atoms with E-state index in [0.29, 0.717) is 23.3 Å². The van der Waals surface area contributed by atoms with Crippen molar-refractivity contribution in [2.75, 3.05) is 18.0 Å². The van der Waals surface area contributed by atoms with Gasteiger partial charge in [-0.05, 0) is 37.0 Å². The zero-order valence-corrected chi connectivity index (χ0v) is 15.0. The largest absolute Gasteiger partial charge is 0.370 e. The summed E-state index contributed by atoms with van der Waals surface area (Å²) >= 11 is 6.24. The first kappa shape index (κ1) is 16.8. The summed E-state index contributed by atoms with van der Waals surface area (Å²) in [6, 6.07) is 7.02. The molecule has 8 heteroatoms. The van der Waals surface area contributed by atoms with Gasteiger partial charge in [-0.2, -0.15) is 5.10 Å². The number of nitrogens with zero attached hydrogens (tertiary/aromatic N) is 6. The average Bonchev–Trinajstić information content (AvgIpc) is 3.19. The second-order valence-electron chi connectivity index (χ2n) is 6.42. The lowest BCUT2D eigenvalue weighted by molar-refractivity contribution is 0.334. The van der Waals surface area contributed by atoms with Crippen LogP contribution in [0.5, 0.6) is 0 Å². The van der Waals surface area contributed by atoms with Crippen molar-refractivity contribution in [2.45, 2.75) is 19.4 Å². The van der Waals surface area contributed by atoms with Crippen LogP contribution in [0, 0.1) is 5.92 Å². The van der Waals surface area contributed by atoms with E-state index >= 15 is 0 Å². The molecule has 0 saturated carbocycles. The molecule has 0 spiro atoms. The van der Waals surface area contributed by atoms with E-state index in [1.807, 2.05) is 18.3 Å². The number of anilines is 1. The summed E-state index contributed by atoms with van der Waals surface area (Å²) in [7, 11) is 0. The van der Waals surface area contributed by atoms with E-state index in [4.69, 9.17) is 11.6 Å². The molecular formula is C18H19ClN6O. The molecule has 0 aromatic carbocycles. The van der Waals surface area contributed by atoms with E-state index in [9.17, 15) is 4.79 Å². The quantitative estimate of drug-likeness (QED) is 0.705. The lowest BCUT2D eigenvalue weighted by Gasteiger charge is -2.34. The summed E-state index contributed by atoms with van der Waals surface area (Å²) < 4.78 is 3.21. The number of halogens is 1. The predicted molar refractivity (Wildman–Crippen MR) is 99.8 cm³/mol. The highest BCUT2D eigenvalue weighted by molar-refractivity contribution is 6.33. The van der Waals surface area contributed by atoms with Gasteiger partial charge in [0.05, 0.1) is 10.7 Å². The van der Waals surface area contributed by atoms with Crippen LogP contribution in [-0.2, 0) is 6.54 Å². The van der Waals surface area contributed by atoms with Gasteiger partial charge in [0.15, 0.2) is 5.82 Å². The Bertz CT molecular complexity index is 931. The standard InChI is InChI=1S/C18H19ClN6O/c19-15-12-20-8-4-16(15)23-10-5-14(6-11-23)13-25-18(26)3-2-17(22-25)24-9-1-7-21-24/h1-4,7-9,12,14H,5-6,10-11,13H2. The molecule has 0 aliphatic carbocycles. The monoisotopic (exact) mass is 370 g/mol. The normalized spacial score (nSPS) is 15.3. The molecule has 1 aliphatic heterocycles. The second-order valence-corrected chi connectivity index (χ2v) is 6.83. The van der Waals surface area contributed by atoms with Gasteiger partial charge in [-0.25, -0.2) is 9.36 Å². The van der Waals surface area contributed by atoms with Crippen molar-refractivity contribution in [1.29, 1.82) is 0 Å². The van der Waals surface area contributed by atoms with Gasteiger partial charge in [-0.15, -0.1) is 5.10 Å². The van der Waals surface area contributed by atoms with Crippen molar-refractivity contribution in [3.63, 3.8) is 0 Å². The minimum absolute atomic E-state index is 0.0829. The highest BCUT2D eigenvalue weighted by Gasteiger charge is 2.22. The smallest absolute Gasteiger partial charge is 0.266 e. The van der Waals surface area contributed by atoms with Crippen LogP contribution in [0.2, 0.25) is 5.02 Å². The molecule has 0 atom stereocenters. The number of hydrogen-bond donors (Lipinski definition) is 0. The Kier molecular flexibility index (Phi) is 4.71. The predicted octanol–water partition coefficient (Wildman–Crippen LogP) is 2.39. The Morgan fingerprint density at radius 2 is 2.00 bits per heavy atom. The van der Waals surface area contributed by atoms with Crippen molar-refractivity contribution in [2.24, 2.45) is 5.92 Å². The summed E-state index contributed by atoms with van der Waals surface area (Å²) in [5.41, 5.74) is 0.941. The van der Waals surface area contributed by atoms with Crippen LogP contribution in [0.15, 0.2) is 53.8 Å². The number of aromatic nitrogens is 5. The molecule has 4 heterocycles. The first-order valence-corrected chi connectivity index (χ1v) is 9.01. The number of pyridine rings is 1. The Labute approximate surface area is 155 Å². The van der Waals surface area contributed by atoms with Gasteiger partial charge in [-0.3, -0.25) is 9.78 Å². The minimum atomic E-state index is -0.0829. The molecule has 3 aromatic rings. The first-order valence-electron chi connectivity index (χ1n) is 8.63. The van der Waals surface area contributed by atoms with Gasteiger partial charge in [0.25, 0.3) is 5.56 Å². The van der Waals surface area contributed by atoms with Crippen LogP contribution in [0.4, 0.5) is 5.69 Å². The van der Waals surface area contributed by atoms with Crippen LogP contribution in [-0.4, -0.2) is 37.6 Å². The zero-order valence-electron chi connectivity index (χ0n) is 14.2. The van der Waals surface area contributed by atoms with Gasteiger partial charge in [0.2, 0.25) is 0 Å². The Balaban J connectivity index is 1.44. The molecule has 0 amide bonds. The van der Waals surface area contributed by atoms with Crippen molar-refractivity contribution in [1.82, 2.24) is 24.5 Å². The van der Waals surface area contributed by atoms with Gasteiger partial charge >= 0.3 is 0 Å². The van der Waals surface area contributed by atoms with E-state index in [2.05, 4.69) is 20.1 Å². The summed E-state index contributed by atoms with van der Waals surface area (Å²) in [4.78, 5) is 18.5. The van der Waals surface area contributed by atoms with E-state index in [1.165, 1.54) is 0 Å². The molecule has 0 radical (unpaired) electrons. The molecule has 1 aliphatic rings. The zero-order chi connectivity index (χ0) is 17.9. The minimum Gasteiger partial charge on any atom is -0.370 e. The topological polar surface area (TPSA) is 68.8 Å². The third-order valence-corrected chi connectivity index (χ3v) is 5.02. The van der Waals surface area contributed by atoms with Crippen LogP contribution in [0.1, 0.15) is 12.8 Å². The third kappa shape index (κ3) is 3.48. The fourth-order valence-electron chi connectivity index (χ4n) is 3.32. The molecule has 0 bridgehead atoms. The summed E-state index contributed by atoms with van der Waals surface area (Å²) in [5.74, 6) is 1.06. The molecular weight excluding hydrogens is 352 g/mol. The number of hydrogen-bond acceptors (Lipinski definition) is 5. The molecule has 1 saturated heterocycles. The second kappa shape index (κ2) is 7.29. The van der Waals surface area contributed by atoms with Crippen molar-refractivity contribution in [3.05, 3.63) is 64.4 Å². The molecule has 7 nitrogen and oxygen atoms in total. The van der Waals surface area contributed by atoms with Crippen LogP contribution in [0.25, 0.3) is 5.82 Å². The van der Waals surface area contributed by atoms with Crippen molar-refractivity contribution < 1.29 is 0 Å². The molecule has 1 fully saturated rings. The third-order valence-electron chi connectivity index (χ3n) is 4.73.